The molecule has 0 spiro atoms. The number of benzene rings is 2. The molecule has 0 N–H and O–H groups in total. The van der Waals surface area contributed by atoms with Gasteiger partial charge in [-0.25, -0.2) is 0 Å². The topological polar surface area (TPSA) is 35.5 Å². The van der Waals surface area contributed by atoms with E-state index in [4.69, 9.17) is 8.23 Å². The van der Waals surface area contributed by atoms with Gasteiger partial charge in [0.05, 0.1) is 0 Å². The van der Waals surface area contributed by atoms with Crippen LogP contribution in [-0.2, 0) is 21.1 Å². The van der Waals surface area contributed by atoms with Gasteiger partial charge in [-0.05, 0) is 114 Å². The average Bonchev–Trinajstić information content (AvgIpc) is 2.67. The Bertz CT molecular complexity index is 1160. The maximum Gasteiger partial charge on any atom is 0.196 e. The molecule has 3 aromatic rings. The number of hydrogen-bond acceptors (Lipinski definition) is 4. The van der Waals surface area contributed by atoms with Gasteiger partial charge in [0.1, 0.15) is 0 Å². The first-order chi connectivity index (χ1) is 16.0. The van der Waals surface area contributed by atoms with E-state index in [0.717, 1.165) is 45.1 Å². The van der Waals surface area contributed by atoms with Crippen LogP contribution in [0, 0.1) is 0 Å². The van der Waals surface area contributed by atoms with Crippen LogP contribution in [0.2, 0.25) is 77.6 Å². The molecule has 35 heavy (non-hydrogen) atoms. The normalized spacial score (nSPS) is 13.7. The van der Waals surface area contributed by atoms with E-state index in [0.29, 0.717) is 0 Å². The van der Waals surface area contributed by atoms with Crippen LogP contribution in [0.4, 0.5) is 0 Å². The molecule has 0 radical (unpaired) electrons. The van der Waals surface area contributed by atoms with Gasteiger partial charge in [0.25, 0.3) is 0 Å². The van der Waals surface area contributed by atoms with Gasteiger partial charge in [-0.15, -0.1) is 11.3 Å². The van der Waals surface area contributed by atoms with E-state index in [1.54, 1.807) is 11.3 Å². The summed E-state index contributed by atoms with van der Waals surface area (Å²) in [5.74, 6) is 0. The van der Waals surface area contributed by atoms with Gasteiger partial charge < -0.3 is 8.23 Å². The van der Waals surface area contributed by atoms with Crippen LogP contribution in [0.3, 0.4) is 0 Å². The zero-order valence-corrected chi connectivity index (χ0v) is 28.2. The summed E-state index contributed by atoms with van der Waals surface area (Å²) < 4.78 is 15.3. The lowest BCUT2D eigenvalue weighted by Crippen LogP contribution is -2.42. The average molecular weight is 561 g/mol. The fourth-order valence-electron chi connectivity index (χ4n) is 5.13. The van der Waals surface area contributed by atoms with Crippen molar-refractivity contribution in [3.63, 3.8) is 0 Å². The third-order valence-corrected chi connectivity index (χ3v) is 19.4. The number of aryl methyl sites for hydroxylation is 2. The molecule has 3 nitrogen and oxygen atoms in total. The van der Waals surface area contributed by atoms with E-state index in [-0.39, 0.29) is 5.43 Å². The Balaban J connectivity index is 1.99. The van der Waals surface area contributed by atoms with Crippen molar-refractivity contribution in [2.45, 2.75) is 90.4 Å². The molecule has 0 aliphatic carbocycles. The second-order valence-corrected chi connectivity index (χ2v) is 32.2. The van der Waals surface area contributed by atoms with E-state index in [1.807, 2.05) is 0 Å². The molecule has 1 aromatic heterocycles. The minimum Gasteiger partial charge on any atom is -0.456 e. The van der Waals surface area contributed by atoms with Gasteiger partial charge in [0.15, 0.2) is 38.7 Å². The Morgan fingerprint density at radius 1 is 0.629 bits per heavy atom. The molecule has 0 amide bonds. The van der Waals surface area contributed by atoms with Gasteiger partial charge in [0.2, 0.25) is 0 Å². The first-order valence-corrected chi connectivity index (χ1v) is 26.7. The lowest BCUT2D eigenvalue weighted by molar-refractivity contribution is 0.546. The van der Waals surface area contributed by atoms with Gasteiger partial charge in [0, 0.05) is 20.2 Å². The molecule has 0 saturated carbocycles. The van der Waals surface area contributed by atoms with Crippen LogP contribution >= 0.6 is 11.3 Å². The first-order valence-electron chi connectivity index (χ1n) is 12.8. The number of fused-ring (bicyclic) bond motifs is 2. The third kappa shape index (κ3) is 8.05. The van der Waals surface area contributed by atoms with E-state index in [1.165, 1.54) is 11.1 Å². The molecule has 2 aromatic carbocycles. The summed E-state index contributed by atoms with van der Waals surface area (Å²) in [6.07, 6.45) is 1.81. The molecule has 1 heterocycles. The third-order valence-electron chi connectivity index (χ3n) is 6.06. The van der Waals surface area contributed by atoms with Gasteiger partial charge >= 0.3 is 0 Å². The van der Waals surface area contributed by atoms with Crippen LogP contribution < -0.4 is 5.43 Å². The minimum absolute atomic E-state index is 0.205. The zero-order valence-electron chi connectivity index (χ0n) is 23.4. The van der Waals surface area contributed by atoms with Crippen molar-refractivity contribution >= 4 is 64.8 Å². The molecule has 0 unspecified atom stereocenters. The van der Waals surface area contributed by atoms with Crippen LogP contribution in [0.25, 0.3) is 20.2 Å². The summed E-state index contributed by atoms with van der Waals surface area (Å²) in [5.41, 5.74) is 2.56. The molecule has 0 atom stereocenters. The largest absolute Gasteiger partial charge is 0.456 e. The lowest BCUT2D eigenvalue weighted by atomic mass is 10.0. The molecule has 0 saturated heterocycles. The maximum absolute atomic E-state index is 14.0. The molecule has 3 rings (SSSR count). The predicted octanol–water partition coefficient (Wildman–Crippen LogP) is 8.61. The highest BCUT2D eigenvalue weighted by Gasteiger charge is 2.31. The van der Waals surface area contributed by atoms with E-state index >= 15 is 0 Å². The second kappa shape index (κ2) is 10.5. The zero-order chi connectivity index (χ0) is 26.2. The summed E-state index contributed by atoms with van der Waals surface area (Å²) in [4.78, 5) is 14.0. The highest BCUT2D eigenvalue weighted by Crippen LogP contribution is 2.31. The van der Waals surface area contributed by atoms with Gasteiger partial charge in [-0.2, -0.15) is 0 Å². The second-order valence-electron chi connectivity index (χ2n) is 13.0. The first kappa shape index (κ1) is 28.7. The predicted molar refractivity (Wildman–Crippen MR) is 166 cm³/mol. The van der Waals surface area contributed by atoms with Crippen molar-refractivity contribution < 1.29 is 8.23 Å². The summed E-state index contributed by atoms with van der Waals surface area (Å²) in [6, 6.07) is 14.8. The molecular weight excluding hydrogens is 517 g/mol. The number of rotatable bonds is 10. The minimum atomic E-state index is -1.79. The van der Waals surface area contributed by atoms with Gasteiger partial charge in [-0.1, -0.05) is 24.3 Å². The quantitative estimate of drug-likeness (QED) is 0.184. The molecule has 192 valence electrons. The van der Waals surface area contributed by atoms with Crippen molar-refractivity contribution in [1.29, 1.82) is 0 Å². The summed E-state index contributed by atoms with van der Waals surface area (Å²) in [5, 5.41) is 1.84. The fourth-order valence-corrected chi connectivity index (χ4v) is 22.1. The fraction of sp³-hybridized carbons (Fsp3) is 0.519. The Hall–Kier alpha value is -0.882. The Morgan fingerprint density at radius 2 is 1.00 bits per heavy atom. The molecular formula is C27H44O3SSi4. The molecule has 0 fully saturated rings. The molecule has 0 bridgehead atoms. The van der Waals surface area contributed by atoms with E-state index < -0.39 is 33.3 Å². The molecule has 8 heteroatoms. The maximum atomic E-state index is 14.0. The lowest BCUT2D eigenvalue weighted by Gasteiger charge is -2.31. The van der Waals surface area contributed by atoms with Crippen molar-refractivity contribution in [2.24, 2.45) is 0 Å². The monoisotopic (exact) mass is 560 g/mol. The Kier molecular flexibility index (Phi) is 8.58. The van der Waals surface area contributed by atoms with Gasteiger partial charge in [-0.3, -0.25) is 4.79 Å². The highest BCUT2D eigenvalue weighted by molar-refractivity contribution is 7.24. The van der Waals surface area contributed by atoms with Crippen molar-refractivity contribution in [3.8, 4) is 0 Å². The smallest absolute Gasteiger partial charge is 0.196 e. The molecule has 0 aliphatic rings. The summed E-state index contributed by atoms with van der Waals surface area (Å²) in [6.45, 7) is 22.9. The van der Waals surface area contributed by atoms with Crippen LogP contribution in [0.5, 0.6) is 0 Å². The number of hydrogen-bond donors (Lipinski definition) is 0. The Morgan fingerprint density at radius 3 is 1.34 bits per heavy atom. The van der Waals surface area contributed by atoms with Crippen molar-refractivity contribution in [2.75, 3.05) is 0 Å². The summed E-state index contributed by atoms with van der Waals surface area (Å²) >= 11 is 1.75. The highest BCUT2D eigenvalue weighted by atomic mass is 32.1. The van der Waals surface area contributed by atoms with Crippen LogP contribution in [0.1, 0.15) is 11.1 Å². The van der Waals surface area contributed by atoms with Crippen LogP contribution in [-0.4, -0.2) is 33.3 Å². The molecule has 0 aliphatic heterocycles. The van der Waals surface area contributed by atoms with E-state index in [9.17, 15) is 4.79 Å². The Labute approximate surface area is 220 Å². The van der Waals surface area contributed by atoms with Crippen molar-refractivity contribution in [1.82, 2.24) is 0 Å². The summed E-state index contributed by atoms with van der Waals surface area (Å²) in [7, 11) is -6.74. The standard InChI is InChI=1S/C27H44O3SSi4/c1-32(2,3)29-34(7,8)19-17-21-13-11-15-23-25(21)27(28)26-22(14-12-16-24(26)31-23)18-20-35(9,10)30-33(4,5)6/h11-16H,17-20H2,1-10H3. The van der Waals surface area contributed by atoms with Crippen LogP contribution in [0.15, 0.2) is 41.2 Å². The SMILES string of the molecule is C[Si](C)(C)O[Si](C)(C)CCc1cccc2sc3cccc(CC[Si](C)(C)O[Si](C)(C)C)c3c(=O)c12. The van der Waals surface area contributed by atoms with E-state index in [2.05, 4.69) is 102 Å². The van der Waals surface area contributed by atoms with Crippen molar-refractivity contribution in [3.05, 3.63) is 57.7 Å².